The molecule has 162 valence electrons. The van der Waals surface area contributed by atoms with Crippen molar-refractivity contribution >= 4 is 57.7 Å². The lowest BCUT2D eigenvalue weighted by Gasteiger charge is -2.32. The zero-order valence-corrected chi connectivity index (χ0v) is 18.9. The van der Waals surface area contributed by atoms with Crippen LogP contribution in [0.3, 0.4) is 0 Å². The number of piperidine rings is 1. The molecule has 2 fully saturated rings. The van der Waals surface area contributed by atoms with Crippen LogP contribution in [0.15, 0.2) is 34.1 Å². The van der Waals surface area contributed by atoms with E-state index in [2.05, 4.69) is 0 Å². The van der Waals surface area contributed by atoms with Crippen molar-refractivity contribution in [1.82, 2.24) is 14.3 Å². The van der Waals surface area contributed by atoms with E-state index in [4.69, 9.17) is 22.9 Å². The minimum Gasteiger partial charge on any atom is -0.369 e. The minimum absolute atomic E-state index is 0.0680. The van der Waals surface area contributed by atoms with E-state index in [0.717, 1.165) is 0 Å². The van der Waals surface area contributed by atoms with Gasteiger partial charge in [0.2, 0.25) is 5.91 Å². The van der Waals surface area contributed by atoms with Gasteiger partial charge in [-0.2, -0.15) is 0 Å². The molecule has 0 saturated carbocycles. The highest BCUT2D eigenvalue weighted by atomic mass is 32.2. The lowest BCUT2D eigenvalue weighted by atomic mass is 9.96. The highest BCUT2D eigenvalue weighted by molar-refractivity contribution is 8.26. The zero-order chi connectivity index (χ0) is 22.3. The predicted molar refractivity (Wildman–Crippen MR) is 126 cm³/mol. The molecule has 0 bridgehead atoms. The summed E-state index contributed by atoms with van der Waals surface area (Å²) in [5, 5.41) is 0. The normalized spacial score (nSPS) is 19.3. The third kappa shape index (κ3) is 3.97. The van der Waals surface area contributed by atoms with E-state index in [9.17, 15) is 14.4 Å². The Kier molecular flexibility index (Phi) is 5.85. The Morgan fingerprint density at radius 3 is 2.61 bits per heavy atom. The molecule has 2 saturated heterocycles. The molecule has 0 spiro atoms. The number of carbonyl (C=O) groups excluding carboxylic acids is 2. The average molecular weight is 458 g/mol. The maximum absolute atomic E-state index is 13.4. The molecule has 0 aromatic carbocycles. The van der Waals surface area contributed by atoms with Crippen molar-refractivity contribution < 1.29 is 9.59 Å². The van der Waals surface area contributed by atoms with E-state index in [1.54, 1.807) is 29.3 Å². The van der Waals surface area contributed by atoms with Crippen molar-refractivity contribution in [2.75, 3.05) is 18.0 Å². The fourth-order valence-electron chi connectivity index (χ4n) is 3.89. The van der Waals surface area contributed by atoms with Gasteiger partial charge in [-0.25, -0.2) is 4.98 Å². The summed E-state index contributed by atoms with van der Waals surface area (Å²) in [5.74, 6) is -0.179. The molecule has 0 unspecified atom stereocenters. The van der Waals surface area contributed by atoms with Gasteiger partial charge in [-0.3, -0.25) is 23.7 Å². The van der Waals surface area contributed by atoms with Gasteiger partial charge < -0.3 is 10.6 Å². The first kappa shape index (κ1) is 21.5. The number of thioether (sulfide) groups is 1. The molecule has 0 radical (unpaired) electrons. The molecule has 4 heterocycles. The lowest BCUT2D eigenvalue weighted by molar-refractivity contribution is -0.123. The number of pyridine rings is 1. The molecular weight excluding hydrogens is 434 g/mol. The molecular formula is C21H23N5O3S2. The van der Waals surface area contributed by atoms with Crippen LogP contribution in [-0.4, -0.2) is 49.6 Å². The van der Waals surface area contributed by atoms with Crippen LogP contribution in [0.1, 0.15) is 32.3 Å². The number of fused-ring (bicyclic) bond motifs is 1. The van der Waals surface area contributed by atoms with E-state index in [0.29, 0.717) is 52.2 Å². The Hall–Kier alpha value is -2.72. The standard InChI is InChI=1S/C21H23N5O3S2/c1-12(2)26-20(29)15(31-21(26)30)11-14-18(24-9-6-13(7-10-24)17(22)27)23-16-5-3-4-8-25(16)19(14)28/h3-5,8,11-13H,6-7,9-10H2,1-2H3,(H2,22,27). The average Bonchev–Trinajstić information content (AvgIpc) is 3.03. The lowest BCUT2D eigenvalue weighted by Crippen LogP contribution is -2.40. The molecule has 2 aromatic heterocycles. The molecule has 2 aliphatic heterocycles. The Labute approximate surface area is 189 Å². The van der Waals surface area contributed by atoms with E-state index in [1.807, 2.05) is 24.8 Å². The highest BCUT2D eigenvalue weighted by Crippen LogP contribution is 2.35. The van der Waals surface area contributed by atoms with E-state index < -0.39 is 0 Å². The van der Waals surface area contributed by atoms with Gasteiger partial charge >= 0.3 is 0 Å². The molecule has 2 amide bonds. The fraction of sp³-hybridized carbons (Fsp3) is 0.381. The van der Waals surface area contributed by atoms with Gasteiger partial charge in [-0.15, -0.1) is 0 Å². The molecule has 2 aliphatic rings. The topological polar surface area (TPSA) is 101 Å². The number of rotatable bonds is 4. The number of nitrogens with two attached hydrogens (primary N) is 1. The van der Waals surface area contributed by atoms with Crippen LogP contribution in [0, 0.1) is 5.92 Å². The first-order valence-electron chi connectivity index (χ1n) is 10.1. The number of hydrogen-bond acceptors (Lipinski definition) is 7. The van der Waals surface area contributed by atoms with Crippen molar-refractivity contribution in [3.05, 3.63) is 45.2 Å². The maximum atomic E-state index is 13.4. The number of thiocarbonyl (C=S) groups is 1. The molecule has 4 rings (SSSR count). The third-order valence-electron chi connectivity index (χ3n) is 5.56. The first-order chi connectivity index (χ1) is 14.8. The van der Waals surface area contributed by atoms with Crippen LogP contribution in [0.2, 0.25) is 0 Å². The number of hydrogen-bond donors (Lipinski definition) is 1. The van der Waals surface area contributed by atoms with E-state index in [1.165, 1.54) is 16.2 Å². The Balaban J connectivity index is 1.81. The van der Waals surface area contributed by atoms with Crippen LogP contribution in [-0.2, 0) is 9.59 Å². The van der Waals surface area contributed by atoms with Gasteiger partial charge in [-0.1, -0.05) is 30.0 Å². The van der Waals surface area contributed by atoms with Gasteiger partial charge in [-0.05, 0) is 44.9 Å². The smallest absolute Gasteiger partial charge is 0.267 e. The van der Waals surface area contributed by atoms with Crippen molar-refractivity contribution in [2.24, 2.45) is 11.7 Å². The van der Waals surface area contributed by atoms with Crippen molar-refractivity contribution in [3.8, 4) is 0 Å². The summed E-state index contributed by atoms with van der Waals surface area (Å²) in [6, 6.07) is 5.28. The molecule has 8 nitrogen and oxygen atoms in total. The zero-order valence-electron chi connectivity index (χ0n) is 17.3. The summed E-state index contributed by atoms with van der Waals surface area (Å²) in [4.78, 5) is 46.5. The molecule has 0 aliphatic carbocycles. The SMILES string of the molecule is CC(C)N1C(=O)C(=Cc2c(N3CCC(C(N)=O)CC3)nc3ccccn3c2=O)SC1=S. The first-order valence-corrected chi connectivity index (χ1v) is 11.3. The van der Waals surface area contributed by atoms with Gasteiger partial charge in [0, 0.05) is 31.2 Å². The van der Waals surface area contributed by atoms with Gasteiger partial charge in [0.05, 0.1) is 10.5 Å². The number of carbonyl (C=O) groups is 2. The van der Waals surface area contributed by atoms with Crippen LogP contribution in [0.5, 0.6) is 0 Å². The van der Waals surface area contributed by atoms with Crippen LogP contribution >= 0.6 is 24.0 Å². The van der Waals surface area contributed by atoms with Gasteiger partial charge in [0.1, 0.15) is 15.8 Å². The Morgan fingerprint density at radius 1 is 1.29 bits per heavy atom. The molecule has 2 aromatic rings. The van der Waals surface area contributed by atoms with E-state index >= 15 is 0 Å². The van der Waals surface area contributed by atoms with Crippen LogP contribution in [0.4, 0.5) is 5.82 Å². The third-order valence-corrected chi connectivity index (χ3v) is 6.89. The minimum atomic E-state index is -0.302. The van der Waals surface area contributed by atoms with Crippen molar-refractivity contribution in [3.63, 3.8) is 0 Å². The number of nitrogens with zero attached hydrogens (tertiary/aromatic N) is 4. The fourth-order valence-corrected chi connectivity index (χ4v) is 5.40. The second-order valence-electron chi connectivity index (χ2n) is 7.89. The predicted octanol–water partition coefficient (Wildman–Crippen LogP) is 2.01. The number of anilines is 1. The monoisotopic (exact) mass is 457 g/mol. The summed E-state index contributed by atoms with van der Waals surface area (Å²) < 4.78 is 1.94. The largest absolute Gasteiger partial charge is 0.369 e. The summed E-state index contributed by atoms with van der Waals surface area (Å²) in [7, 11) is 0. The Morgan fingerprint density at radius 2 is 2.00 bits per heavy atom. The van der Waals surface area contributed by atoms with Gasteiger partial charge in [0.15, 0.2) is 0 Å². The van der Waals surface area contributed by atoms with Gasteiger partial charge in [0.25, 0.3) is 11.5 Å². The highest BCUT2D eigenvalue weighted by Gasteiger charge is 2.35. The number of amides is 2. The van der Waals surface area contributed by atoms with Crippen LogP contribution in [0.25, 0.3) is 11.7 Å². The molecule has 2 N–H and O–H groups in total. The molecule has 31 heavy (non-hydrogen) atoms. The van der Waals surface area contributed by atoms with Crippen molar-refractivity contribution in [2.45, 2.75) is 32.7 Å². The summed E-state index contributed by atoms with van der Waals surface area (Å²) in [6.45, 7) is 4.90. The number of aromatic nitrogens is 2. The Bertz CT molecular complexity index is 1170. The molecule has 10 heteroatoms. The second kappa shape index (κ2) is 8.43. The van der Waals surface area contributed by atoms with Crippen LogP contribution < -0.4 is 16.2 Å². The molecule has 0 atom stereocenters. The second-order valence-corrected chi connectivity index (χ2v) is 9.57. The van der Waals surface area contributed by atoms with Crippen molar-refractivity contribution in [1.29, 1.82) is 0 Å². The summed E-state index contributed by atoms with van der Waals surface area (Å²) in [6.07, 6.45) is 4.45. The summed E-state index contributed by atoms with van der Waals surface area (Å²) in [5.41, 5.74) is 6.06. The quantitative estimate of drug-likeness (QED) is 0.554. The van der Waals surface area contributed by atoms with E-state index in [-0.39, 0.29) is 29.3 Å². The maximum Gasteiger partial charge on any atom is 0.267 e. The summed E-state index contributed by atoms with van der Waals surface area (Å²) >= 11 is 6.56. The number of primary amides is 1.